The molecule has 7 nitrogen and oxygen atoms in total. The van der Waals surface area contributed by atoms with Gasteiger partial charge in [0.1, 0.15) is 0 Å². The van der Waals surface area contributed by atoms with Gasteiger partial charge in [-0.05, 0) is 35.0 Å². The van der Waals surface area contributed by atoms with Crippen molar-refractivity contribution in [2.75, 3.05) is 6.79 Å². The van der Waals surface area contributed by atoms with Crippen LogP contribution in [0.2, 0.25) is 0 Å². The lowest BCUT2D eigenvalue weighted by Crippen LogP contribution is -2.04. The molecule has 3 aromatic rings. The van der Waals surface area contributed by atoms with Crippen LogP contribution in [0.15, 0.2) is 41.1 Å². The Morgan fingerprint density at radius 3 is 2.73 bits per heavy atom. The first-order valence-electron chi connectivity index (χ1n) is 6.56. The number of aromatic nitrogens is 5. The molecular formula is C14H10BrN5O2. The van der Waals surface area contributed by atoms with E-state index in [0.29, 0.717) is 12.4 Å². The normalized spacial score (nSPS) is 12.6. The first-order chi connectivity index (χ1) is 10.8. The molecule has 1 aromatic carbocycles. The van der Waals surface area contributed by atoms with Gasteiger partial charge in [0.15, 0.2) is 11.5 Å². The second-order valence-corrected chi connectivity index (χ2v) is 5.53. The Hall–Kier alpha value is -2.48. The zero-order valence-electron chi connectivity index (χ0n) is 11.3. The van der Waals surface area contributed by atoms with Gasteiger partial charge in [-0.2, -0.15) is 4.80 Å². The van der Waals surface area contributed by atoms with Gasteiger partial charge in [0, 0.05) is 22.4 Å². The third-order valence-electron chi connectivity index (χ3n) is 3.24. The molecule has 2 aromatic heterocycles. The van der Waals surface area contributed by atoms with Gasteiger partial charge in [-0.1, -0.05) is 15.9 Å². The first kappa shape index (κ1) is 13.2. The molecular weight excluding hydrogens is 350 g/mol. The maximum absolute atomic E-state index is 5.39. The van der Waals surface area contributed by atoms with Crippen molar-refractivity contribution in [2.24, 2.45) is 0 Å². The highest BCUT2D eigenvalue weighted by Crippen LogP contribution is 2.37. The highest BCUT2D eigenvalue weighted by Gasteiger charge is 2.17. The minimum absolute atomic E-state index is 0.249. The number of nitrogens with zero attached hydrogens (tertiary/aromatic N) is 5. The molecule has 0 amide bonds. The number of ether oxygens (including phenoxy) is 2. The Morgan fingerprint density at radius 1 is 1.14 bits per heavy atom. The van der Waals surface area contributed by atoms with Gasteiger partial charge in [-0.15, -0.1) is 10.2 Å². The van der Waals surface area contributed by atoms with Crippen LogP contribution in [0.1, 0.15) is 5.56 Å². The summed E-state index contributed by atoms with van der Waals surface area (Å²) in [7, 11) is 0. The van der Waals surface area contributed by atoms with E-state index in [1.165, 1.54) is 4.80 Å². The Kier molecular flexibility index (Phi) is 3.23. The Morgan fingerprint density at radius 2 is 1.91 bits per heavy atom. The number of tetrazole rings is 1. The molecule has 22 heavy (non-hydrogen) atoms. The number of benzene rings is 1. The molecule has 0 spiro atoms. The van der Waals surface area contributed by atoms with Crippen LogP contribution in [-0.4, -0.2) is 32.0 Å². The lowest BCUT2D eigenvalue weighted by Gasteiger charge is -2.05. The van der Waals surface area contributed by atoms with E-state index in [4.69, 9.17) is 9.47 Å². The minimum atomic E-state index is 0.249. The molecule has 0 unspecified atom stereocenters. The standard InChI is InChI=1S/C14H10BrN5O2/c15-11-6-13-12(21-8-22-13)5-10(11)7-20-18-14(17-19-20)9-1-3-16-4-2-9/h1-6H,7-8H2. The zero-order valence-corrected chi connectivity index (χ0v) is 12.9. The van der Waals surface area contributed by atoms with Crippen molar-refractivity contribution >= 4 is 15.9 Å². The monoisotopic (exact) mass is 359 g/mol. The van der Waals surface area contributed by atoms with E-state index in [1.807, 2.05) is 24.3 Å². The molecule has 0 atom stereocenters. The van der Waals surface area contributed by atoms with Crippen LogP contribution in [0.3, 0.4) is 0 Å². The fourth-order valence-electron chi connectivity index (χ4n) is 2.16. The minimum Gasteiger partial charge on any atom is -0.454 e. The summed E-state index contributed by atoms with van der Waals surface area (Å²) in [6.07, 6.45) is 3.40. The topological polar surface area (TPSA) is 75.0 Å². The molecule has 0 fully saturated rings. The van der Waals surface area contributed by atoms with Crippen molar-refractivity contribution in [3.05, 3.63) is 46.7 Å². The van der Waals surface area contributed by atoms with Crippen molar-refractivity contribution in [3.63, 3.8) is 0 Å². The fraction of sp³-hybridized carbons (Fsp3) is 0.143. The number of hydrogen-bond donors (Lipinski definition) is 0. The summed E-state index contributed by atoms with van der Waals surface area (Å²) in [6, 6.07) is 7.50. The van der Waals surface area contributed by atoms with Gasteiger partial charge in [-0.25, -0.2) is 0 Å². The van der Waals surface area contributed by atoms with Gasteiger partial charge < -0.3 is 9.47 Å². The predicted molar refractivity (Wildman–Crippen MR) is 80.4 cm³/mol. The van der Waals surface area contributed by atoms with E-state index < -0.39 is 0 Å². The largest absolute Gasteiger partial charge is 0.454 e. The highest BCUT2D eigenvalue weighted by molar-refractivity contribution is 9.10. The molecule has 1 aliphatic rings. The van der Waals surface area contributed by atoms with Crippen molar-refractivity contribution in [3.8, 4) is 22.9 Å². The summed E-state index contributed by atoms with van der Waals surface area (Å²) in [5.74, 6) is 2.03. The number of halogens is 1. The molecule has 0 radical (unpaired) electrons. The summed E-state index contributed by atoms with van der Waals surface area (Å²) >= 11 is 3.53. The quantitative estimate of drug-likeness (QED) is 0.713. The summed E-state index contributed by atoms with van der Waals surface area (Å²) in [5, 5.41) is 12.5. The Bertz CT molecular complexity index is 821. The lowest BCUT2D eigenvalue weighted by atomic mass is 10.2. The zero-order chi connectivity index (χ0) is 14.9. The van der Waals surface area contributed by atoms with Gasteiger partial charge in [0.25, 0.3) is 0 Å². The number of pyridine rings is 1. The van der Waals surface area contributed by atoms with Crippen LogP contribution < -0.4 is 9.47 Å². The molecule has 0 saturated heterocycles. The van der Waals surface area contributed by atoms with Crippen LogP contribution in [0.5, 0.6) is 11.5 Å². The van der Waals surface area contributed by atoms with Gasteiger partial charge in [0.05, 0.1) is 6.54 Å². The second kappa shape index (κ2) is 5.38. The molecule has 3 heterocycles. The maximum atomic E-state index is 5.39. The van der Waals surface area contributed by atoms with Crippen molar-refractivity contribution in [1.82, 2.24) is 25.2 Å². The molecule has 0 aliphatic carbocycles. The summed E-state index contributed by atoms with van der Waals surface area (Å²) in [4.78, 5) is 5.52. The third kappa shape index (κ3) is 2.41. The fourth-order valence-corrected chi connectivity index (χ4v) is 2.61. The molecule has 0 N–H and O–H groups in total. The smallest absolute Gasteiger partial charge is 0.231 e. The summed E-state index contributed by atoms with van der Waals surface area (Å²) in [5.41, 5.74) is 1.87. The van der Waals surface area contributed by atoms with E-state index in [0.717, 1.165) is 27.1 Å². The van der Waals surface area contributed by atoms with Gasteiger partial charge >= 0.3 is 0 Å². The molecule has 4 rings (SSSR count). The lowest BCUT2D eigenvalue weighted by molar-refractivity contribution is 0.174. The highest BCUT2D eigenvalue weighted by atomic mass is 79.9. The maximum Gasteiger partial charge on any atom is 0.231 e. The van der Waals surface area contributed by atoms with Crippen LogP contribution in [0.25, 0.3) is 11.4 Å². The van der Waals surface area contributed by atoms with Crippen LogP contribution in [0.4, 0.5) is 0 Å². The third-order valence-corrected chi connectivity index (χ3v) is 3.98. The molecule has 110 valence electrons. The van der Waals surface area contributed by atoms with E-state index in [9.17, 15) is 0 Å². The van der Waals surface area contributed by atoms with Crippen LogP contribution >= 0.6 is 15.9 Å². The van der Waals surface area contributed by atoms with Gasteiger partial charge in [0.2, 0.25) is 12.6 Å². The molecule has 8 heteroatoms. The average molecular weight is 360 g/mol. The molecule has 1 aliphatic heterocycles. The number of fused-ring (bicyclic) bond motifs is 1. The van der Waals surface area contributed by atoms with E-state index in [2.05, 4.69) is 36.3 Å². The van der Waals surface area contributed by atoms with Crippen molar-refractivity contribution < 1.29 is 9.47 Å². The van der Waals surface area contributed by atoms with E-state index >= 15 is 0 Å². The van der Waals surface area contributed by atoms with Crippen molar-refractivity contribution in [1.29, 1.82) is 0 Å². The van der Waals surface area contributed by atoms with Crippen molar-refractivity contribution in [2.45, 2.75) is 6.54 Å². The Balaban J connectivity index is 1.61. The number of hydrogen-bond acceptors (Lipinski definition) is 6. The van der Waals surface area contributed by atoms with Gasteiger partial charge in [-0.3, -0.25) is 4.98 Å². The number of rotatable bonds is 3. The summed E-state index contributed by atoms with van der Waals surface area (Å²) in [6.45, 7) is 0.730. The molecule has 0 bridgehead atoms. The van der Waals surface area contributed by atoms with E-state index in [-0.39, 0.29) is 6.79 Å². The van der Waals surface area contributed by atoms with E-state index in [1.54, 1.807) is 12.4 Å². The van der Waals surface area contributed by atoms with Crippen LogP contribution in [-0.2, 0) is 6.54 Å². The Labute approximate surface area is 134 Å². The first-order valence-corrected chi connectivity index (χ1v) is 7.35. The SMILES string of the molecule is Brc1cc2c(cc1Cn1nnc(-c3ccncc3)n1)OCO2. The second-order valence-electron chi connectivity index (χ2n) is 4.68. The van der Waals surface area contributed by atoms with Crippen LogP contribution in [0, 0.1) is 0 Å². The predicted octanol–water partition coefficient (Wildman–Crippen LogP) is 2.27. The summed E-state index contributed by atoms with van der Waals surface area (Å²) < 4.78 is 11.6. The average Bonchev–Trinajstić information content (AvgIpc) is 3.18. The molecule has 0 saturated carbocycles.